The molecule has 0 saturated heterocycles. The number of aromatic nitrogens is 1. The number of carbonyl (C=O) groups excluding carboxylic acids is 2. The maximum Gasteiger partial charge on any atom is 0.344 e. The molecule has 7 nitrogen and oxygen atoms in total. The van der Waals surface area contributed by atoms with E-state index in [2.05, 4.69) is 10.5 Å². The van der Waals surface area contributed by atoms with Gasteiger partial charge in [-0.1, -0.05) is 23.4 Å². The average molecular weight is 304 g/mol. The molecule has 0 aliphatic rings. The number of esters is 1. The first-order chi connectivity index (χ1) is 10.5. The Morgan fingerprint density at radius 2 is 2.00 bits per heavy atom. The molecule has 0 spiro atoms. The minimum absolute atomic E-state index is 0.263. The second-order valence-corrected chi connectivity index (χ2v) is 4.59. The second-order valence-electron chi connectivity index (χ2n) is 4.59. The van der Waals surface area contributed by atoms with E-state index in [0.29, 0.717) is 11.5 Å². The third-order valence-electron chi connectivity index (χ3n) is 2.70. The molecule has 0 aliphatic heterocycles. The van der Waals surface area contributed by atoms with E-state index < -0.39 is 18.5 Å². The molecular weight excluding hydrogens is 288 g/mol. The smallest absolute Gasteiger partial charge is 0.344 e. The maximum atomic E-state index is 11.5. The molecule has 0 bridgehead atoms. The van der Waals surface area contributed by atoms with Crippen molar-refractivity contribution in [2.45, 2.75) is 13.8 Å². The molecule has 2 aromatic rings. The summed E-state index contributed by atoms with van der Waals surface area (Å²) < 4.78 is 14.9. The number of carbonyl (C=O) groups is 2. The number of benzene rings is 1. The molecule has 0 radical (unpaired) electrons. The molecule has 1 N–H and O–H groups in total. The number of para-hydroxylation sites is 1. The first-order valence-electron chi connectivity index (χ1n) is 6.62. The lowest BCUT2D eigenvalue weighted by Gasteiger charge is -2.08. The van der Waals surface area contributed by atoms with Crippen LogP contribution in [0.25, 0.3) is 0 Å². The van der Waals surface area contributed by atoms with Gasteiger partial charge in [-0.3, -0.25) is 4.79 Å². The Labute approximate surface area is 127 Å². The lowest BCUT2D eigenvalue weighted by molar-refractivity contribution is -0.149. The lowest BCUT2D eigenvalue weighted by Crippen LogP contribution is -2.23. The van der Waals surface area contributed by atoms with Crippen LogP contribution < -0.4 is 10.1 Å². The summed E-state index contributed by atoms with van der Waals surface area (Å²) in [5.74, 6) is 0.308. The molecule has 0 saturated carbocycles. The van der Waals surface area contributed by atoms with Crippen molar-refractivity contribution >= 4 is 17.7 Å². The Kier molecular flexibility index (Phi) is 5.13. The normalized spacial score (nSPS) is 10.1. The number of nitrogens with one attached hydrogen (secondary N) is 1. The molecule has 1 heterocycles. The van der Waals surface area contributed by atoms with Gasteiger partial charge in [0.1, 0.15) is 11.5 Å². The van der Waals surface area contributed by atoms with E-state index in [0.717, 1.165) is 5.56 Å². The number of nitrogens with zero attached hydrogens (tertiary/aromatic N) is 1. The number of aryl methyl sites for hydroxylation is 2. The van der Waals surface area contributed by atoms with Crippen molar-refractivity contribution in [3.05, 3.63) is 41.7 Å². The van der Waals surface area contributed by atoms with E-state index in [4.69, 9.17) is 14.0 Å². The van der Waals surface area contributed by atoms with Crippen LogP contribution in [0.5, 0.6) is 5.75 Å². The van der Waals surface area contributed by atoms with Crippen molar-refractivity contribution < 1.29 is 23.6 Å². The average Bonchev–Trinajstić information content (AvgIpc) is 2.89. The maximum absolute atomic E-state index is 11.5. The fourth-order valence-electron chi connectivity index (χ4n) is 1.65. The van der Waals surface area contributed by atoms with Crippen LogP contribution in [0.3, 0.4) is 0 Å². The van der Waals surface area contributed by atoms with Gasteiger partial charge < -0.3 is 19.3 Å². The monoisotopic (exact) mass is 304 g/mol. The van der Waals surface area contributed by atoms with Crippen molar-refractivity contribution in [3.63, 3.8) is 0 Å². The van der Waals surface area contributed by atoms with E-state index in [1.165, 1.54) is 0 Å². The molecular formula is C15H16N2O5. The number of hydrogen-bond acceptors (Lipinski definition) is 6. The van der Waals surface area contributed by atoms with Gasteiger partial charge >= 0.3 is 5.97 Å². The predicted molar refractivity (Wildman–Crippen MR) is 77.5 cm³/mol. The Bertz CT molecular complexity index is 665. The summed E-state index contributed by atoms with van der Waals surface area (Å²) in [5, 5.41) is 6.04. The van der Waals surface area contributed by atoms with Crippen LogP contribution in [-0.4, -0.2) is 30.2 Å². The van der Waals surface area contributed by atoms with Gasteiger partial charge in [0, 0.05) is 6.07 Å². The zero-order chi connectivity index (χ0) is 15.9. The number of rotatable bonds is 6. The second kappa shape index (κ2) is 7.26. The number of anilines is 1. The zero-order valence-corrected chi connectivity index (χ0v) is 12.3. The highest BCUT2D eigenvalue weighted by molar-refractivity contribution is 5.91. The summed E-state index contributed by atoms with van der Waals surface area (Å²) in [6.07, 6.45) is 0. The highest BCUT2D eigenvalue weighted by Gasteiger charge is 2.11. The van der Waals surface area contributed by atoms with Gasteiger partial charge in [-0.05, 0) is 25.5 Å². The predicted octanol–water partition coefficient (Wildman–Crippen LogP) is 1.85. The molecule has 7 heteroatoms. The van der Waals surface area contributed by atoms with Crippen molar-refractivity contribution in [1.82, 2.24) is 5.16 Å². The fourth-order valence-corrected chi connectivity index (χ4v) is 1.65. The van der Waals surface area contributed by atoms with E-state index in [1.54, 1.807) is 25.1 Å². The molecule has 0 atom stereocenters. The van der Waals surface area contributed by atoms with Gasteiger partial charge in [-0.15, -0.1) is 0 Å². The quantitative estimate of drug-likeness (QED) is 0.819. The summed E-state index contributed by atoms with van der Waals surface area (Å²) in [4.78, 5) is 23.1. The molecule has 1 amide bonds. The van der Waals surface area contributed by atoms with Gasteiger partial charge in [0.05, 0.1) is 0 Å². The minimum Gasteiger partial charge on any atom is -0.482 e. The first kappa shape index (κ1) is 15.6. The molecule has 0 fully saturated rings. The third-order valence-corrected chi connectivity index (χ3v) is 2.70. The van der Waals surface area contributed by atoms with E-state index >= 15 is 0 Å². The Morgan fingerprint density at radius 3 is 2.68 bits per heavy atom. The van der Waals surface area contributed by atoms with Crippen LogP contribution in [0.1, 0.15) is 11.3 Å². The van der Waals surface area contributed by atoms with Crippen LogP contribution in [0.4, 0.5) is 5.82 Å². The van der Waals surface area contributed by atoms with Gasteiger partial charge in [-0.25, -0.2) is 4.79 Å². The van der Waals surface area contributed by atoms with Crippen molar-refractivity contribution in [2.24, 2.45) is 0 Å². The summed E-state index contributed by atoms with van der Waals surface area (Å²) in [5.41, 5.74) is 0.912. The summed E-state index contributed by atoms with van der Waals surface area (Å²) in [7, 11) is 0. The van der Waals surface area contributed by atoms with E-state index in [1.807, 2.05) is 19.1 Å². The van der Waals surface area contributed by atoms with Gasteiger partial charge in [-0.2, -0.15) is 0 Å². The SMILES string of the molecule is Cc1cc(NC(=O)COC(=O)COc2ccccc2C)no1. The Balaban J connectivity index is 1.71. The topological polar surface area (TPSA) is 90.7 Å². The minimum atomic E-state index is -0.630. The van der Waals surface area contributed by atoms with Crippen molar-refractivity contribution in [2.75, 3.05) is 18.5 Å². The number of amides is 1. The number of ether oxygens (including phenoxy) is 2. The first-order valence-corrected chi connectivity index (χ1v) is 6.62. The Morgan fingerprint density at radius 1 is 1.23 bits per heavy atom. The molecule has 2 rings (SSSR count). The number of hydrogen-bond donors (Lipinski definition) is 1. The van der Waals surface area contributed by atoms with Crippen molar-refractivity contribution in [1.29, 1.82) is 0 Å². The van der Waals surface area contributed by atoms with Crippen LogP contribution in [0, 0.1) is 13.8 Å². The molecule has 0 unspecified atom stereocenters. The fraction of sp³-hybridized carbons (Fsp3) is 0.267. The molecule has 1 aromatic carbocycles. The largest absolute Gasteiger partial charge is 0.482 e. The highest BCUT2D eigenvalue weighted by atomic mass is 16.6. The highest BCUT2D eigenvalue weighted by Crippen LogP contribution is 2.15. The standard InChI is InChI=1S/C15H16N2O5/c1-10-5-3-4-6-12(10)20-9-15(19)21-8-14(18)16-13-7-11(2)22-17-13/h3-7H,8-9H2,1-2H3,(H,16,17,18). The molecule has 0 aliphatic carbocycles. The van der Waals surface area contributed by atoms with Crippen molar-refractivity contribution in [3.8, 4) is 5.75 Å². The summed E-state index contributed by atoms with van der Waals surface area (Å²) >= 11 is 0. The lowest BCUT2D eigenvalue weighted by atomic mass is 10.2. The van der Waals surface area contributed by atoms with Crippen LogP contribution in [0.15, 0.2) is 34.9 Å². The zero-order valence-electron chi connectivity index (χ0n) is 12.3. The third kappa shape index (κ3) is 4.62. The van der Waals surface area contributed by atoms with Crippen LogP contribution >= 0.6 is 0 Å². The summed E-state index contributed by atoms with van der Waals surface area (Å²) in [6, 6.07) is 8.86. The summed E-state index contributed by atoms with van der Waals surface area (Å²) in [6.45, 7) is 2.89. The van der Waals surface area contributed by atoms with Crippen LogP contribution in [0.2, 0.25) is 0 Å². The molecule has 116 valence electrons. The molecule has 22 heavy (non-hydrogen) atoms. The molecule has 1 aromatic heterocycles. The van der Waals surface area contributed by atoms with Gasteiger partial charge in [0.2, 0.25) is 0 Å². The van der Waals surface area contributed by atoms with E-state index in [-0.39, 0.29) is 12.4 Å². The van der Waals surface area contributed by atoms with E-state index in [9.17, 15) is 9.59 Å². The Hall–Kier alpha value is -2.83. The van der Waals surface area contributed by atoms with Gasteiger partial charge in [0.15, 0.2) is 19.0 Å². The van der Waals surface area contributed by atoms with Gasteiger partial charge in [0.25, 0.3) is 5.91 Å². The van der Waals surface area contributed by atoms with Crippen LogP contribution in [-0.2, 0) is 14.3 Å².